The van der Waals surface area contributed by atoms with Crippen LogP contribution in [0.25, 0.3) is 0 Å². The highest BCUT2D eigenvalue weighted by Crippen LogP contribution is 2.25. The summed E-state index contributed by atoms with van der Waals surface area (Å²) >= 11 is 7.71. The molecule has 1 saturated heterocycles. The van der Waals surface area contributed by atoms with Gasteiger partial charge in [0.1, 0.15) is 4.90 Å². The summed E-state index contributed by atoms with van der Waals surface area (Å²) < 4.78 is 25.9. The molecule has 0 N–H and O–H groups in total. The predicted octanol–water partition coefficient (Wildman–Crippen LogP) is 2.31. The van der Waals surface area contributed by atoms with E-state index in [1.54, 1.807) is 22.3 Å². The molecular weight excluding hydrogens is 420 g/mol. The highest BCUT2D eigenvalue weighted by atomic mass is 35.5. The van der Waals surface area contributed by atoms with Crippen molar-refractivity contribution in [3.05, 3.63) is 44.9 Å². The van der Waals surface area contributed by atoms with Gasteiger partial charge in [0.15, 0.2) is 0 Å². The van der Waals surface area contributed by atoms with Gasteiger partial charge >= 0.3 is 0 Å². The maximum atomic E-state index is 12.9. The third kappa shape index (κ3) is 4.55. The summed E-state index contributed by atoms with van der Waals surface area (Å²) in [7, 11) is -0.852. The average molecular weight is 443 g/mol. The second kappa shape index (κ2) is 8.46. The van der Waals surface area contributed by atoms with Crippen molar-refractivity contribution in [3.8, 4) is 0 Å². The Balaban J connectivity index is 1.68. The number of thiazole rings is 1. The summed E-state index contributed by atoms with van der Waals surface area (Å²) in [6, 6.07) is 4.40. The molecule has 2 aromatic rings. The van der Waals surface area contributed by atoms with Gasteiger partial charge in [0.05, 0.1) is 15.7 Å². The number of hydrogen-bond donors (Lipinski definition) is 0. The topological polar surface area (TPSA) is 73.8 Å². The number of aromatic nitrogens is 1. The lowest BCUT2D eigenvalue weighted by Crippen LogP contribution is -2.48. The van der Waals surface area contributed by atoms with Crippen LogP contribution in [0.15, 0.2) is 28.5 Å². The number of rotatable bonds is 5. The van der Waals surface area contributed by atoms with Gasteiger partial charge in [0.25, 0.3) is 5.91 Å². The SMILES string of the molecule is Cc1nc(CN2CCN(C(=O)c3ccc(Cl)c(S(=O)(=O)N(C)C)c3)CC2)cs1. The van der Waals surface area contributed by atoms with E-state index in [1.807, 2.05) is 6.92 Å². The summed E-state index contributed by atoms with van der Waals surface area (Å²) in [6.45, 7) is 5.43. The van der Waals surface area contributed by atoms with Crippen LogP contribution in [0.4, 0.5) is 0 Å². The van der Waals surface area contributed by atoms with E-state index in [9.17, 15) is 13.2 Å². The van der Waals surface area contributed by atoms with Gasteiger partial charge in [-0.25, -0.2) is 17.7 Å². The van der Waals surface area contributed by atoms with Crippen LogP contribution in [0.5, 0.6) is 0 Å². The summed E-state index contributed by atoms with van der Waals surface area (Å²) in [5.41, 5.74) is 1.38. The molecule has 3 rings (SSSR count). The normalized spacial score (nSPS) is 16.0. The molecule has 0 radical (unpaired) electrons. The maximum Gasteiger partial charge on any atom is 0.253 e. The van der Waals surface area contributed by atoms with E-state index in [0.717, 1.165) is 34.6 Å². The quantitative estimate of drug-likeness (QED) is 0.710. The van der Waals surface area contributed by atoms with E-state index in [-0.39, 0.29) is 15.8 Å². The third-order valence-electron chi connectivity index (χ3n) is 4.65. The van der Waals surface area contributed by atoms with E-state index in [1.165, 1.54) is 26.2 Å². The molecule has 1 aromatic carbocycles. The average Bonchev–Trinajstić information content (AvgIpc) is 3.06. The van der Waals surface area contributed by atoms with Crippen LogP contribution in [-0.4, -0.2) is 73.7 Å². The van der Waals surface area contributed by atoms with Gasteiger partial charge in [-0.1, -0.05) is 11.6 Å². The van der Waals surface area contributed by atoms with Crippen LogP contribution in [-0.2, 0) is 16.6 Å². The Morgan fingerprint density at radius 2 is 1.93 bits per heavy atom. The van der Waals surface area contributed by atoms with Crippen LogP contribution in [0.2, 0.25) is 5.02 Å². The molecule has 0 atom stereocenters. The Morgan fingerprint density at radius 3 is 2.50 bits per heavy atom. The van der Waals surface area contributed by atoms with Crippen molar-refractivity contribution in [3.63, 3.8) is 0 Å². The van der Waals surface area contributed by atoms with Crippen molar-refractivity contribution < 1.29 is 13.2 Å². The minimum Gasteiger partial charge on any atom is -0.336 e. The Bertz CT molecular complexity index is 967. The van der Waals surface area contributed by atoms with Crippen molar-refractivity contribution >= 4 is 38.9 Å². The van der Waals surface area contributed by atoms with Gasteiger partial charge < -0.3 is 4.90 Å². The number of amides is 1. The predicted molar refractivity (Wildman–Crippen MR) is 110 cm³/mol. The molecule has 1 aromatic heterocycles. The van der Waals surface area contributed by atoms with Crippen molar-refractivity contribution in [1.82, 2.24) is 19.1 Å². The first-order valence-electron chi connectivity index (χ1n) is 8.83. The lowest BCUT2D eigenvalue weighted by molar-refractivity contribution is 0.0627. The molecule has 1 aliphatic heterocycles. The van der Waals surface area contributed by atoms with Crippen molar-refractivity contribution in [2.45, 2.75) is 18.4 Å². The Hall–Kier alpha value is -1.52. The largest absolute Gasteiger partial charge is 0.336 e. The van der Waals surface area contributed by atoms with E-state index >= 15 is 0 Å². The number of carbonyl (C=O) groups is 1. The summed E-state index contributed by atoms with van der Waals surface area (Å²) in [5, 5.41) is 3.22. The molecule has 28 heavy (non-hydrogen) atoms. The summed E-state index contributed by atoms with van der Waals surface area (Å²) in [4.78, 5) is 21.3. The molecule has 1 aliphatic rings. The molecule has 1 fully saturated rings. The molecule has 10 heteroatoms. The van der Waals surface area contributed by atoms with Crippen molar-refractivity contribution in [1.29, 1.82) is 0 Å². The number of aryl methyl sites for hydroxylation is 1. The molecule has 152 valence electrons. The van der Waals surface area contributed by atoms with Gasteiger partial charge in [-0.05, 0) is 25.1 Å². The summed E-state index contributed by atoms with van der Waals surface area (Å²) in [5.74, 6) is -0.184. The van der Waals surface area contributed by atoms with Gasteiger partial charge in [-0.3, -0.25) is 9.69 Å². The number of sulfonamides is 1. The number of piperazine rings is 1. The van der Waals surface area contributed by atoms with E-state index in [2.05, 4.69) is 15.3 Å². The van der Waals surface area contributed by atoms with E-state index < -0.39 is 10.0 Å². The highest BCUT2D eigenvalue weighted by molar-refractivity contribution is 7.89. The maximum absolute atomic E-state index is 12.9. The molecule has 7 nitrogen and oxygen atoms in total. The molecule has 0 unspecified atom stereocenters. The minimum atomic E-state index is -3.72. The van der Waals surface area contributed by atoms with Crippen LogP contribution in [0.1, 0.15) is 21.1 Å². The standard InChI is InChI=1S/C18H23ClN4O3S2/c1-13-20-15(12-27-13)11-22-6-8-23(9-7-22)18(24)14-4-5-16(19)17(10-14)28(25,26)21(2)3/h4-5,10,12H,6-9,11H2,1-3H3. The van der Waals surface area contributed by atoms with Crippen molar-refractivity contribution in [2.75, 3.05) is 40.3 Å². The Labute approximate surface area is 174 Å². The van der Waals surface area contributed by atoms with Crippen molar-refractivity contribution in [2.24, 2.45) is 0 Å². The zero-order chi connectivity index (χ0) is 20.5. The smallest absolute Gasteiger partial charge is 0.253 e. The van der Waals surface area contributed by atoms with Crippen LogP contribution < -0.4 is 0 Å². The van der Waals surface area contributed by atoms with E-state index in [4.69, 9.17) is 11.6 Å². The van der Waals surface area contributed by atoms with Gasteiger partial charge in [0.2, 0.25) is 10.0 Å². The molecule has 1 amide bonds. The Morgan fingerprint density at radius 1 is 1.25 bits per heavy atom. The molecule has 0 bridgehead atoms. The fourth-order valence-electron chi connectivity index (χ4n) is 3.03. The molecule has 2 heterocycles. The van der Waals surface area contributed by atoms with Crippen LogP contribution >= 0.6 is 22.9 Å². The lowest BCUT2D eigenvalue weighted by atomic mass is 10.2. The van der Waals surface area contributed by atoms with Gasteiger partial charge in [-0.2, -0.15) is 0 Å². The minimum absolute atomic E-state index is 0.0532. The zero-order valence-corrected chi connectivity index (χ0v) is 18.4. The first-order valence-corrected chi connectivity index (χ1v) is 11.5. The fraction of sp³-hybridized carbons (Fsp3) is 0.444. The highest BCUT2D eigenvalue weighted by Gasteiger charge is 2.26. The molecule has 0 spiro atoms. The number of halogens is 1. The first kappa shape index (κ1) is 21.2. The number of carbonyl (C=O) groups excluding carboxylic acids is 1. The van der Waals surface area contributed by atoms with Gasteiger partial charge in [-0.15, -0.1) is 11.3 Å². The fourth-order valence-corrected chi connectivity index (χ4v) is 5.03. The number of nitrogens with zero attached hydrogens (tertiary/aromatic N) is 4. The molecule has 0 saturated carbocycles. The lowest BCUT2D eigenvalue weighted by Gasteiger charge is -2.34. The second-order valence-corrected chi connectivity index (χ2v) is 10.4. The van der Waals surface area contributed by atoms with Gasteiger partial charge in [0, 0.05) is 57.8 Å². The second-order valence-electron chi connectivity index (χ2n) is 6.86. The monoisotopic (exact) mass is 442 g/mol. The third-order valence-corrected chi connectivity index (χ3v) is 7.77. The van der Waals surface area contributed by atoms with Crippen LogP contribution in [0, 0.1) is 6.92 Å². The molecule has 0 aliphatic carbocycles. The van der Waals surface area contributed by atoms with Crippen LogP contribution in [0.3, 0.4) is 0 Å². The Kier molecular flexibility index (Phi) is 6.41. The summed E-state index contributed by atoms with van der Waals surface area (Å²) in [6.07, 6.45) is 0. The number of benzene rings is 1. The first-order chi connectivity index (χ1) is 13.2. The number of hydrogen-bond acceptors (Lipinski definition) is 6. The molecular formula is C18H23ClN4O3S2. The zero-order valence-electron chi connectivity index (χ0n) is 16.1. The van der Waals surface area contributed by atoms with E-state index in [0.29, 0.717) is 18.7 Å².